The molecule has 16 heavy (non-hydrogen) atoms. The lowest BCUT2D eigenvalue weighted by Gasteiger charge is -2.07. The van der Waals surface area contributed by atoms with Crippen molar-refractivity contribution >= 4 is 24.3 Å². The van der Waals surface area contributed by atoms with Crippen molar-refractivity contribution in [1.29, 1.82) is 0 Å². The maximum Gasteiger partial charge on any atom is 0.339 e. The monoisotopic (exact) mass is 241 g/mol. The van der Waals surface area contributed by atoms with Crippen molar-refractivity contribution in [2.24, 2.45) is 0 Å². The van der Waals surface area contributed by atoms with E-state index in [0.29, 0.717) is 10.5 Å². The number of carbonyl (C=O) groups excluding carboxylic acids is 1. The molecule has 0 amide bonds. The zero-order chi connectivity index (χ0) is 12.3. The molecule has 6 heteroatoms. The predicted octanol–water partition coefficient (Wildman–Crippen LogP) is 2.37. The molecule has 0 aliphatic rings. The van der Waals surface area contributed by atoms with Gasteiger partial charge in [0.05, 0.1) is 17.1 Å². The van der Waals surface area contributed by atoms with Crippen molar-refractivity contribution in [3.05, 3.63) is 33.4 Å². The summed E-state index contributed by atoms with van der Waals surface area (Å²) >= 11 is 4.14. The molecule has 1 aromatic carbocycles. The second kappa shape index (κ2) is 4.98. The predicted molar refractivity (Wildman–Crippen MR) is 61.0 cm³/mol. The van der Waals surface area contributed by atoms with Gasteiger partial charge in [-0.15, -0.1) is 12.6 Å². The third-order valence-electron chi connectivity index (χ3n) is 1.99. The Morgan fingerprint density at radius 2 is 2.19 bits per heavy atom. The SMILES string of the molecule is CCOC(=O)c1cc([N+](=O)[O-])cc(C)c1S. The maximum absolute atomic E-state index is 11.5. The number of ether oxygens (including phenoxy) is 1. The van der Waals surface area contributed by atoms with Gasteiger partial charge in [0.1, 0.15) is 0 Å². The molecule has 0 spiro atoms. The zero-order valence-electron chi connectivity index (χ0n) is 8.89. The van der Waals surface area contributed by atoms with Gasteiger partial charge in [-0.3, -0.25) is 10.1 Å². The van der Waals surface area contributed by atoms with Gasteiger partial charge in [-0.25, -0.2) is 4.79 Å². The van der Waals surface area contributed by atoms with E-state index in [2.05, 4.69) is 12.6 Å². The van der Waals surface area contributed by atoms with Crippen LogP contribution in [0.15, 0.2) is 17.0 Å². The van der Waals surface area contributed by atoms with E-state index in [-0.39, 0.29) is 17.9 Å². The van der Waals surface area contributed by atoms with Crippen LogP contribution in [0.4, 0.5) is 5.69 Å². The summed E-state index contributed by atoms with van der Waals surface area (Å²) in [6, 6.07) is 2.54. The number of rotatable bonds is 3. The van der Waals surface area contributed by atoms with Crippen molar-refractivity contribution in [3.8, 4) is 0 Å². The quantitative estimate of drug-likeness (QED) is 0.382. The summed E-state index contributed by atoms with van der Waals surface area (Å²) in [6.45, 7) is 3.53. The number of benzene rings is 1. The van der Waals surface area contributed by atoms with Gasteiger partial charge in [-0.05, 0) is 19.4 Å². The Kier molecular flexibility index (Phi) is 3.89. The lowest BCUT2D eigenvalue weighted by molar-refractivity contribution is -0.385. The lowest BCUT2D eigenvalue weighted by Crippen LogP contribution is -2.07. The van der Waals surface area contributed by atoms with Gasteiger partial charge in [0.25, 0.3) is 5.69 Å². The Hall–Kier alpha value is -1.56. The number of carbonyl (C=O) groups is 1. The van der Waals surface area contributed by atoms with Crippen molar-refractivity contribution in [1.82, 2.24) is 0 Å². The Morgan fingerprint density at radius 1 is 1.56 bits per heavy atom. The summed E-state index contributed by atoms with van der Waals surface area (Å²) in [6.07, 6.45) is 0. The van der Waals surface area contributed by atoms with Gasteiger partial charge in [-0.1, -0.05) is 0 Å². The van der Waals surface area contributed by atoms with Crippen molar-refractivity contribution in [2.75, 3.05) is 6.61 Å². The standard InChI is InChI=1S/C10H11NO4S/c1-3-15-10(12)8-5-7(11(13)14)4-6(2)9(8)16/h4-5,16H,3H2,1-2H3. The van der Waals surface area contributed by atoms with E-state index in [1.165, 1.54) is 12.1 Å². The molecule has 86 valence electrons. The van der Waals surface area contributed by atoms with Gasteiger partial charge >= 0.3 is 5.97 Å². The molecule has 0 fully saturated rings. The molecular weight excluding hydrogens is 230 g/mol. The molecule has 0 heterocycles. The van der Waals surface area contributed by atoms with Crippen LogP contribution in [0.1, 0.15) is 22.8 Å². The normalized spacial score (nSPS) is 9.94. The first-order chi connectivity index (χ1) is 7.47. The first-order valence-electron chi connectivity index (χ1n) is 4.62. The molecule has 0 aliphatic heterocycles. The third-order valence-corrected chi connectivity index (χ3v) is 2.59. The highest BCUT2D eigenvalue weighted by Gasteiger charge is 2.18. The highest BCUT2D eigenvalue weighted by Crippen LogP contribution is 2.25. The van der Waals surface area contributed by atoms with E-state index in [0.717, 1.165) is 0 Å². The van der Waals surface area contributed by atoms with Crippen molar-refractivity contribution in [2.45, 2.75) is 18.7 Å². The van der Waals surface area contributed by atoms with Crippen LogP contribution >= 0.6 is 12.6 Å². The largest absolute Gasteiger partial charge is 0.462 e. The van der Waals surface area contributed by atoms with Crippen LogP contribution in [-0.2, 0) is 4.74 Å². The second-order valence-electron chi connectivity index (χ2n) is 3.14. The van der Waals surface area contributed by atoms with Crippen molar-refractivity contribution in [3.63, 3.8) is 0 Å². The van der Waals surface area contributed by atoms with Crippen LogP contribution in [0.3, 0.4) is 0 Å². The summed E-state index contributed by atoms with van der Waals surface area (Å²) in [4.78, 5) is 22.0. The van der Waals surface area contributed by atoms with Gasteiger partial charge in [-0.2, -0.15) is 0 Å². The fourth-order valence-electron chi connectivity index (χ4n) is 1.23. The molecule has 0 saturated heterocycles. The van der Waals surface area contributed by atoms with E-state index in [4.69, 9.17) is 4.74 Å². The average Bonchev–Trinajstić information content (AvgIpc) is 2.21. The van der Waals surface area contributed by atoms with Gasteiger partial charge in [0.2, 0.25) is 0 Å². The molecule has 1 rings (SSSR count). The molecule has 0 bridgehead atoms. The number of non-ortho nitro benzene ring substituents is 1. The smallest absolute Gasteiger partial charge is 0.339 e. The van der Waals surface area contributed by atoms with E-state index in [1.807, 2.05) is 0 Å². The maximum atomic E-state index is 11.5. The number of nitro groups is 1. The number of thiol groups is 1. The number of nitrogens with zero attached hydrogens (tertiary/aromatic N) is 1. The minimum atomic E-state index is -0.598. The van der Waals surface area contributed by atoms with Gasteiger partial charge in [0, 0.05) is 17.0 Å². The van der Waals surface area contributed by atoms with E-state index in [9.17, 15) is 14.9 Å². The topological polar surface area (TPSA) is 69.4 Å². The summed E-state index contributed by atoms with van der Waals surface area (Å²) in [5.74, 6) is -0.598. The van der Waals surface area contributed by atoms with Crippen LogP contribution in [0.25, 0.3) is 0 Å². The van der Waals surface area contributed by atoms with Gasteiger partial charge < -0.3 is 4.74 Å². The number of esters is 1. The molecule has 0 atom stereocenters. The molecule has 1 aromatic rings. The number of hydrogen-bond acceptors (Lipinski definition) is 5. The molecule has 5 nitrogen and oxygen atoms in total. The zero-order valence-corrected chi connectivity index (χ0v) is 9.78. The molecule has 0 aliphatic carbocycles. The highest BCUT2D eigenvalue weighted by atomic mass is 32.1. The van der Waals surface area contributed by atoms with Crippen LogP contribution in [-0.4, -0.2) is 17.5 Å². The molecule has 0 saturated carbocycles. The molecular formula is C10H11NO4S. The average molecular weight is 241 g/mol. The summed E-state index contributed by atoms with van der Waals surface area (Å²) in [7, 11) is 0. The summed E-state index contributed by atoms with van der Waals surface area (Å²) < 4.78 is 4.79. The minimum absolute atomic E-state index is 0.122. The lowest BCUT2D eigenvalue weighted by atomic mass is 10.1. The molecule has 0 N–H and O–H groups in total. The van der Waals surface area contributed by atoms with E-state index < -0.39 is 10.9 Å². The summed E-state index contributed by atoms with van der Waals surface area (Å²) in [5, 5.41) is 10.6. The number of hydrogen-bond donors (Lipinski definition) is 1. The second-order valence-corrected chi connectivity index (χ2v) is 3.58. The minimum Gasteiger partial charge on any atom is -0.462 e. The summed E-state index contributed by atoms with van der Waals surface area (Å²) in [5.41, 5.74) is 0.552. The Labute approximate surface area is 98.0 Å². The fourth-order valence-corrected chi connectivity index (χ4v) is 1.45. The van der Waals surface area contributed by atoms with E-state index in [1.54, 1.807) is 13.8 Å². The molecule has 0 unspecified atom stereocenters. The van der Waals surface area contributed by atoms with Crippen LogP contribution in [0.5, 0.6) is 0 Å². The fraction of sp³-hybridized carbons (Fsp3) is 0.300. The first-order valence-corrected chi connectivity index (χ1v) is 5.07. The molecule has 0 aromatic heterocycles. The third kappa shape index (κ3) is 2.52. The van der Waals surface area contributed by atoms with E-state index >= 15 is 0 Å². The highest BCUT2D eigenvalue weighted by molar-refractivity contribution is 7.80. The van der Waals surface area contributed by atoms with Crippen molar-refractivity contribution < 1.29 is 14.5 Å². The Balaban J connectivity index is 3.26. The van der Waals surface area contributed by atoms with Crippen LogP contribution in [0, 0.1) is 17.0 Å². The number of aryl methyl sites for hydroxylation is 1. The first kappa shape index (κ1) is 12.5. The van der Waals surface area contributed by atoms with Gasteiger partial charge in [0.15, 0.2) is 0 Å². The number of nitro benzene ring substituents is 1. The van der Waals surface area contributed by atoms with Crippen LogP contribution in [0.2, 0.25) is 0 Å². The molecule has 0 radical (unpaired) electrons. The Bertz CT molecular complexity index is 445. The Morgan fingerprint density at radius 3 is 2.69 bits per heavy atom. The van der Waals surface area contributed by atoms with Crippen LogP contribution < -0.4 is 0 Å².